The van der Waals surface area contributed by atoms with Crippen molar-refractivity contribution in [1.82, 2.24) is 14.9 Å². The van der Waals surface area contributed by atoms with E-state index in [1.54, 1.807) is 36.3 Å². The van der Waals surface area contributed by atoms with Crippen molar-refractivity contribution in [1.29, 1.82) is 0 Å². The van der Waals surface area contributed by atoms with E-state index in [1.165, 1.54) is 0 Å². The lowest BCUT2D eigenvalue weighted by molar-refractivity contribution is 0.102. The van der Waals surface area contributed by atoms with Gasteiger partial charge in [-0.25, -0.2) is 9.97 Å². The molecule has 0 radical (unpaired) electrons. The zero-order valence-electron chi connectivity index (χ0n) is 17.5. The number of anilines is 3. The fourth-order valence-electron chi connectivity index (χ4n) is 3.34. The maximum Gasteiger partial charge on any atom is 0.255 e. The molecule has 3 aromatic rings. The van der Waals surface area contributed by atoms with Crippen LogP contribution in [0.2, 0.25) is 0 Å². The van der Waals surface area contributed by atoms with E-state index in [9.17, 15) is 4.79 Å². The lowest BCUT2D eigenvalue weighted by Crippen LogP contribution is -2.48. The number of para-hydroxylation sites is 2. The Bertz CT molecular complexity index is 1070. The smallest absolute Gasteiger partial charge is 0.255 e. The number of nitrogen functional groups attached to an aromatic ring is 1. The quantitative estimate of drug-likeness (QED) is 0.437. The minimum atomic E-state index is -0.183. The number of aromatic nitrogens is 2. The summed E-state index contributed by atoms with van der Waals surface area (Å²) < 4.78 is 0.889. The summed E-state index contributed by atoms with van der Waals surface area (Å²) in [6.07, 6.45) is 3.53. The zero-order chi connectivity index (χ0) is 22.3. The predicted molar refractivity (Wildman–Crippen MR) is 135 cm³/mol. The summed E-state index contributed by atoms with van der Waals surface area (Å²) in [6.45, 7) is 3.40. The first-order valence-electron chi connectivity index (χ1n) is 10.3. The van der Waals surface area contributed by atoms with Crippen LogP contribution in [0.15, 0.2) is 67.0 Å². The van der Waals surface area contributed by atoms with Gasteiger partial charge < -0.3 is 20.9 Å². The number of nitrogens with two attached hydrogens (primary N) is 1. The molecule has 3 N–H and O–H groups in total. The summed E-state index contributed by atoms with van der Waals surface area (Å²) in [6, 6.07) is 16.6. The molecule has 2 heterocycles. The highest BCUT2D eigenvalue weighted by molar-refractivity contribution is 8.22. The second-order valence-electron chi connectivity index (χ2n) is 7.32. The van der Waals surface area contributed by atoms with E-state index in [0.717, 1.165) is 47.8 Å². The Kier molecular flexibility index (Phi) is 7.18. The average molecular weight is 465 g/mol. The number of carbonyl (C=O) groups excluding carboxylic acids is 1. The molecule has 9 heteroatoms. The largest absolute Gasteiger partial charge is 0.397 e. The molecule has 1 fully saturated rings. The molecule has 1 aliphatic rings. The molecule has 0 atom stereocenters. The number of nitrogens with one attached hydrogen (secondary N) is 1. The number of amides is 1. The maximum absolute atomic E-state index is 12.5. The van der Waals surface area contributed by atoms with Crippen LogP contribution in [-0.2, 0) is 5.75 Å². The summed E-state index contributed by atoms with van der Waals surface area (Å²) >= 11 is 7.29. The van der Waals surface area contributed by atoms with Crippen molar-refractivity contribution in [3.05, 3.63) is 78.1 Å². The topological polar surface area (TPSA) is 87.4 Å². The first-order valence-corrected chi connectivity index (χ1v) is 11.7. The summed E-state index contributed by atoms with van der Waals surface area (Å²) in [4.78, 5) is 25.5. The number of rotatable bonds is 5. The molecular weight excluding hydrogens is 440 g/mol. The number of hydrogen-bond donors (Lipinski definition) is 2. The summed E-state index contributed by atoms with van der Waals surface area (Å²) in [5, 5.41) is 2.85. The van der Waals surface area contributed by atoms with Crippen molar-refractivity contribution in [3.8, 4) is 0 Å². The minimum Gasteiger partial charge on any atom is -0.397 e. The van der Waals surface area contributed by atoms with Crippen LogP contribution in [-0.4, -0.2) is 51.3 Å². The van der Waals surface area contributed by atoms with Gasteiger partial charge in [0.2, 0.25) is 5.95 Å². The van der Waals surface area contributed by atoms with E-state index in [4.69, 9.17) is 18.0 Å². The Hall–Kier alpha value is -3.17. The first kappa shape index (κ1) is 22.0. The van der Waals surface area contributed by atoms with Gasteiger partial charge in [0, 0.05) is 49.9 Å². The first-order chi connectivity index (χ1) is 15.6. The Labute approximate surface area is 197 Å². The third kappa shape index (κ3) is 5.54. The summed E-state index contributed by atoms with van der Waals surface area (Å²) in [5.41, 5.74) is 8.75. The summed E-state index contributed by atoms with van der Waals surface area (Å²) in [7, 11) is 0. The van der Waals surface area contributed by atoms with E-state index in [2.05, 4.69) is 25.1 Å². The molecule has 32 heavy (non-hydrogen) atoms. The molecule has 0 bridgehead atoms. The Balaban J connectivity index is 1.25. The third-order valence-electron chi connectivity index (χ3n) is 5.16. The minimum absolute atomic E-state index is 0.183. The van der Waals surface area contributed by atoms with Crippen LogP contribution < -0.4 is 16.0 Å². The molecule has 7 nitrogen and oxygen atoms in total. The third-order valence-corrected chi connectivity index (χ3v) is 6.75. The lowest BCUT2D eigenvalue weighted by atomic mass is 10.1. The number of thioether (sulfide) groups is 1. The van der Waals surface area contributed by atoms with Gasteiger partial charge in [-0.1, -0.05) is 48.2 Å². The maximum atomic E-state index is 12.5. The fourth-order valence-corrected chi connectivity index (χ4v) is 4.54. The molecule has 0 unspecified atom stereocenters. The molecule has 4 rings (SSSR count). The Morgan fingerprint density at radius 3 is 2.38 bits per heavy atom. The average Bonchev–Trinajstić information content (AvgIpc) is 2.85. The number of thiocarbonyl (C=S) groups is 1. The zero-order valence-corrected chi connectivity index (χ0v) is 19.1. The highest BCUT2D eigenvalue weighted by atomic mass is 32.2. The fraction of sp³-hybridized carbons (Fsp3) is 0.217. The number of benzene rings is 2. The van der Waals surface area contributed by atoms with E-state index in [0.29, 0.717) is 16.9 Å². The lowest BCUT2D eigenvalue weighted by Gasteiger charge is -2.35. The highest BCUT2D eigenvalue weighted by Gasteiger charge is 2.20. The molecule has 1 aliphatic heterocycles. The van der Waals surface area contributed by atoms with Gasteiger partial charge in [-0.15, -0.1) is 0 Å². The van der Waals surface area contributed by atoms with Crippen molar-refractivity contribution in [2.45, 2.75) is 5.75 Å². The SMILES string of the molecule is Nc1ccccc1NC(=O)c1ccc(CSC(=S)N2CCN(c3ncccn3)CC2)cc1. The van der Waals surface area contributed by atoms with Crippen molar-refractivity contribution < 1.29 is 4.79 Å². The van der Waals surface area contributed by atoms with Gasteiger partial charge in [-0.05, 0) is 35.9 Å². The molecule has 164 valence electrons. The van der Waals surface area contributed by atoms with Gasteiger partial charge >= 0.3 is 0 Å². The Morgan fingerprint density at radius 1 is 1.00 bits per heavy atom. The molecule has 1 aromatic heterocycles. The molecule has 0 spiro atoms. The van der Waals surface area contributed by atoms with Crippen molar-refractivity contribution >= 4 is 51.5 Å². The van der Waals surface area contributed by atoms with E-state index in [1.807, 2.05) is 42.5 Å². The standard InChI is InChI=1S/C23H24N6OS2/c24-19-4-1-2-5-20(19)27-21(30)18-8-6-17(7-9-18)16-32-23(31)29-14-12-28(13-15-29)22-25-10-3-11-26-22/h1-11H,12-16,24H2,(H,27,30). The van der Waals surface area contributed by atoms with Crippen LogP contribution >= 0.6 is 24.0 Å². The Morgan fingerprint density at radius 2 is 1.69 bits per heavy atom. The van der Waals surface area contributed by atoms with E-state index < -0.39 is 0 Å². The van der Waals surface area contributed by atoms with E-state index >= 15 is 0 Å². The van der Waals surface area contributed by atoms with Gasteiger partial charge in [0.05, 0.1) is 11.4 Å². The second-order valence-corrected chi connectivity index (χ2v) is 8.92. The molecule has 0 saturated carbocycles. The molecule has 1 amide bonds. The van der Waals surface area contributed by atoms with E-state index in [-0.39, 0.29) is 5.91 Å². The van der Waals surface area contributed by atoms with Crippen LogP contribution in [0.5, 0.6) is 0 Å². The van der Waals surface area contributed by atoms with Crippen molar-refractivity contribution in [2.75, 3.05) is 42.1 Å². The molecule has 0 aliphatic carbocycles. The summed E-state index contributed by atoms with van der Waals surface area (Å²) in [5.74, 6) is 1.34. The normalized spacial score (nSPS) is 13.6. The molecular formula is C23H24N6OS2. The predicted octanol–water partition coefficient (Wildman–Crippen LogP) is 3.65. The van der Waals surface area contributed by atoms with Crippen LogP contribution in [0.25, 0.3) is 0 Å². The number of nitrogens with zero attached hydrogens (tertiary/aromatic N) is 4. The van der Waals surface area contributed by atoms with Gasteiger partial charge in [0.15, 0.2) is 0 Å². The number of carbonyl (C=O) groups is 1. The van der Waals surface area contributed by atoms with Gasteiger partial charge in [0.25, 0.3) is 5.91 Å². The van der Waals surface area contributed by atoms with Gasteiger partial charge in [-0.2, -0.15) is 0 Å². The highest BCUT2D eigenvalue weighted by Crippen LogP contribution is 2.21. The van der Waals surface area contributed by atoms with Crippen molar-refractivity contribution in [3.63, 3.8) is 0 Å². The van der Waals surface area contributed by atoms with Gasteiger partial charge in [0.1, 0.15) is 4.32 Å². The van der Waals surface area contributed by atoms with Crippen LogP contribution in [0.4, 0.5) is 17.3 Å². The molecule has 1 saturated heterocycles. The molecule has 2 aromatic carbocycles. The van der Waals surface area contributed by atoms with Crippen LogP contribution in [0.1, 0.15) is 15.9 Å². The van der Waals surface area contributed by atoms with Crippen molar-refractivity contribution in [2.24, 2.45) is 0 Å². The van der Waals surface area contributed by atoms with Crippen LogP contribution in [0, 0.1) is 0 Å². The van der Waals surface area contributed by atoms with Crippen LogP contribution in [0.3, 0.4) is 0 Å². The van der Waals surface area contributed by atoms with Gasteiger partial charge in [-0.3, -0.25) is 4.79 Å². The monoisotopic (exact) mass is 464 g/mol. The second kappa shape index (κ2) is 10.4. The number of piperazine rings is 1. The number of hydrogen-bond acceptors (Lipinski definition) is 7.